The molecule has 0 aliphatic carbocycles. The second kappa shape index (κ2) is 6.81. The van der Waals surface area contributed by atoms with Crippen LogP contribution in [0.3, 0.4) is 0 Å². The number of H-pyrrole nitrogens is 1. The van der Waals surface area contributed by atoms with Crippen LogP contribution in [0, 0.1) is 3.57 Å². The smallest absolute Gasteiger partial charge is 0.264 e. The second-order valence-electron chi connectivity index (χ2n) is 4.14. The summed E-state index contributed by atoms with van der Waals surface area (Å²) in [6, 6.07) is 9.76. The van der Waals surface area contributed by atoms with Crippen molar-refractivity contribution in [2.45, 2.75) is 12.8 Å². The summed E-state index contributed by atoms with van der Waals surface area (Å²) in [5.74, 6) is 0.710. The third kappa shape index (κ3) is 3.63. The van der Waals surface area contributed by atoms with Crippen LogP contribution >= 0.6 is 22.6 Å². The molecule has 1 heterocycles. The van der Waals surface area contributed by atoms with Crippen LogP contribution in [0.5, 0.6) is 0 Å². The third-order valence-corrected chi connectivity index (χ3v) is 3.72. The Bertz CT molecular complexity index is 596. The van der Waals surface area contributed by atoms with Crippen molar-refractivity contribution < 1.29 is 4.74 Å². The summed E-state index contributed by atoms with van der Waals surface area (Å²) < 4.78 is 5.64. The van der Waals surface area contributed by atoms with Gasteiger partial charge in [-0.25, -0.2) is 4.98 Å². The average molecular weight is 370 g/mol. The average Bonchev–Trinajstić information content (AvgIpc) is 2.44. The van der Waals surface area contributed by atoms with Crippen LogP contribution in [0.2, 0.25) is 0 Å². The lowest BCUT2D eigenvalue weighted by Gasteiger charge is -2.06. The quantitative estimate of drug-likeness (QED) is 0.650. The number of halogens is 1. The lowest BCUT2D eigenvalue weighted by Crippen LogP contribution is -2.16. The molecule has 0 aliphatic heterocycles. The zero-order chi connectivity index (χ0) is 13.7. The molecule has 2 aromatic rings. The Balaban J connectivity index is 2.35. The normalized spacial score (nSPS) is 10.6. The van der Waals surface area contributed by atoms with Gasteiger partial charge in [0.2, 0.25) is 0 Å². The minimum Gasteiger partial charge on any atom is -0.385 e. The molecule has 100 valence electrons. The van der Waals surface area contributed by atoms with Gasteiger partial charge >= 0.3 is 0 Å². The van der Waals surface area contributed by atoms with Crippen molar-refractivity contribution in [2.24, 2.45) is 0 Å². The molecule has 0 amide bonds. The van der Waals surface area contributed by atoms with E-state index in [-0.39, 0.29) is 5.56 Å². The maximum absolute atomic E-state index is 11.9. The van der Waals surface area contributed by atoms with Gasteiger partial charge in [0.05, 0.1) is 5.69 Å². The molecule has 0 bridgehead atoms. The van der Waals surface area contributed by atoms with E-state index >= 15 is 0 Å². The van der Waals surface area contributed by atoms with Crippen LogP contribution < -0.4 is 5.56 Å². The molecule has 0 aliphatic rings. The number of aromatic amines is 1. The first-order chi connectivity index (χ1) is 9.22. The molecule has 1 aromatic heterocycles. The maximum Gasteiger partial charge on any atom is 0.264 e. The minimum absolute atomic E-state index is 0.0816. The fourth-order valence-corrected chi connectivity index (χ4v) is 2.36. The fourth-order valence-electron chi connectivity index (χ4n) is 1.80. The van der Waals surface area contributed by atoms with Gasteiger partial charge in [0.1, 0.15) is 9.39 Å². The molecule has 4 nitrogen and oxygen atoms in total. The van der Waals surface area contributed by atoms with Crippen LogP contribution in [0.15, 0.2) is 35.1 Å². The lowest BCUT2D eigenvalue weighted by molar-refractivity contribution is 0.194. The van der Waals surface area contributed by atoms with Gasteiger partial charge in [0.15, 0.2) is 0 Å². The van der Waals surface area contributed by atoms with E-state index in [0.29, 0.717) is 22.4 Å². The predicted molar refractivity (Wildman–Crippen MR) is 83.2 cm³/mol. The van der Waals surface area contributed by atoms with Crippen LogP contribution in [-0.2, 0) is 11.2 Å². The summed E-state index contributed by atoms with van der Waals surface area (Å²) >= 11 is 2.04. The highest BCUT2D eigenvalue weighted by Crippen LogP contribution is 2.20. The van der Waals surface area contributed by atoms with Crippen LogP contribution in [0.25, 0.3) is 11.3 Å². The van der Waals surface area contributed by atoms with Gasteiger partial charge < -0.3 is 9.72 Å². The molecule has 2 rings (SSSR count). The third-order valence-electron chi connectivity index (χ3n) is 2.72. The number of benzene rings is 1. The number of ether oxygens (including phenoxy) is 1. The first-order valence-corrected chi connectivity index (χ1v) is 7.13. The zero-order valence-corrected chi connectivity index (χ0v) is 12.8. The fraction of sp³-hybridized carbons (Fsp3) is 0.286. The summed E-state index contributed by atoms with van der Waals surface area (Å²) in [4.78, 5) is 19.3. The van der Waals surface area contributed by atoms with Crippen molar-refractivity contribution in [1.82, 2.24) is 9.97 Å². The van der Waals surface area contributed by atoms with E-state index in [1.54, 1.807) is 7.11 Å². The van der Waals surface area contributed by atoms with Crippen molar-refractivity contribution in [3.8, 4) is 11.3 Å². The Morgan fingerprint density at radius 1 is 1.32 bits per heavy atom. The number of aromatic nitrogens is 2. The Kier molecular flexibility index (Phi) is 5.09. The standard InChI is InChI=1S/C14H15IN2O2/c1-19-9-5-8-11-16-13(12(15)14(18)17-11)10-6-3-2-4-7-10/h2-4,6-7H,5,8-9H2,1H3,(H,16,17,18). The topological polar surface area (TPSA) is 55.0 Å². The first kappa shape index (κ1) is 14.2. The van der Waals surface area contributed by atoms with Gasteiger partial charge in [-0.05, 0) is 29.0 Å². The molecule has 1 aromatic carbocycles. The van der Waals surface area contributed by atoms with Crippen LogP contribution in [0.4, 0.5) is 0 Å². The van der Waals surface area contributed by atoms with Crippen LogP contribution in [-0.4, -0.2) is 23.7 Å². The number of nitrogens with one attached hydrogen (secondary N) is 1. The number of hydrogen-bond acceptors (Lipinski definition) is 3. The molecule has 0 fully saturated rings. The highest BCUT2D eigenvalue weighted by molar-refractivity contribution is 14.1. The van der Waals surface area contributed by atoms with Gasteiger partial charge in [0, 0.05) is 25.7 Å². The minimum atomic E-state index is -0.0816. The molecule has 0 radical (unpaired) electrons. The molecule has 19 heavy (non-hydrogen) atoms. The van der Waals surface area contributed by atoms with Crippen molar-refractivity contribution >= 4 is 22.6 Å². The predicted octanol–water partition coefficient (Wildman–Crippen LogP) is 2.62. The van der Waals surface area contributed by atoms with Gasteiger partial charge in [-0.3, -0.25) is 4.79 Å². The lowest BCUT2D eigenvalue weighted by atomic mass is 10.1. The summed E-state index contributed by atoms with van der Waals surface area (Å²) in [5, 5.41) is 0. The molecule has 5 heteroatoms. The Morgan fingerprint density at radius 2 is 2.05 bits per heavy atom. The van der Waals surface area contributed by atoms with Crippen molar-refractivity contribution in [2.75, 3.05) is 13.7 Å². The van der Waals surface area contributed by atoms with Gasteiger partial charge in [-0.15, -0.1) is 0 Å². The highest BCUT2D eigenvalue weighted by Gasteiger charge is 2.10. The van der Waals surface area contributed by atoms with Gasteiger partial charge in [-0.2, -0.15) is 0 Å². The van der Waals surface area contributed by atoms with Crippen LogP contribution in [0.1, 0.15) is 12.2 Å². The van der Waals surface area contributed by atoms with E-state index in [2.05, 4.69) is 9.97 Å². The van der Waals surface area contributed by atoms with Gasteiger partial charge in [-0.1, -0.05) is 30.3 Å². The number of hydrogen-bond donors (Lipinski definition) is 1. The Hall–Kier alpha value is -1.21. The monoisotopic (exact) mass is 370 g/mol. The summed E-state index contributed by atoms with van der Waals surface area (Å²) in [5.41, 5.74) is 1.63. The molecule has 0 saturated carbocycles. The van der Waals surface area contributed by atoms with E-state index in [1.165, 1.54) is 0 Å². The molecule has 0 atom stereocenters. The van der Waals surface area contributed by atoms with Crippen molar-refractivity contribution in [3.63, 3.8) is 0 Å². The SMILES string of the molecule is COCCCc1nc(-c2ccccc2)c(I)c(=O)[nH]1. The summed E-state index contributed by atoms with van der Waals surface area (Å²) in [6.45, 7) is 0.663. The van der Waals surface area contributed by atoms with E-state index in [9.17, 15) is 4.79 Å². The van der Waals surface area contributed by atoms with E-state index in [0.717, 1.165) is 17.7 Å². The molecule has 0 spiro atoms. The molecular weight excluding hydrogens is 355 g/mol. The molecule has 1 N–H and O–H groups in total. The van der Waals surface area contributed by atoms with E-state index in [4.69, 9.17) is 4.74 Å². The number of methoxy groups -OCH3 is 1. The highest BCUT2D eigenvalue weighted by atomic mass is 127. The molecule has 0 saturated heterocycles. The summed E-state index contributed by atoms with van der Waals surface area (Å²) in [7, 11) is 1.67. The second-order valence-corrected chi connectivity index (χ2v) is 5.22. The Labute approximate surface area is 125 Å². The Morgan fingerprint density at radius 3 is 2.74 bits per heavy atom. The van der Waals surface area contributed by atoms with Crippen molar-refractivity contribution in [1.29, 1.82) is 0 Å². The zero-order valence-electron chi connectivity index (χ0n) is 10.6. The van der Waals surface area contributed by atoms with E-state index in [1.807, 2.05) is 52.9 Å². The van der Waals surface area contributed by atoms with Gasteiger partial charge in [0.25, 0.3) is 5.56 Å². The largest absolute Gasteiger partial charge is 0.385 e. The molecule has 0 unspecified atom stereocenters. The maximum atomic E-state index is 11.9. The molecular formula is C14H15IN2O2. The number of nitrogens with zero attached hydrogens (tertiary/aromatic N) is 1. The van der Waals surface area contributed by atoms with Crippen molar-refractivity contribution in [3.05, 3.63) is 50.1 Å². The first-order valence-electron chi connectivity index (χ1n) is 6.05. The number of rotatable bonds is 5. The summed E-state index contributed by atoms with van der Waals surface area (Å²) in [6.07, 6.45) is 1.55. The van der Waals surface area contributed by atoms with E-state index < -0.39 is 0 Å². The number of aryl methyl sites for hydroxylation is 1.